The number of nitrogen functional groups attached to an aromatic ring is 1. The molecule has 1 aromatic carbocycles. The Balaban J connectivity index is 0.000000572. The van der Waals surface area contributed by atoms with Gasteiger partial charge in [-0.2, -0.15) is 26.3 Å². The van der Waals surface area contributed by atoms with E-state index in [4.69, 9.17) is 21.4 Å². The van der Waals surface area contributed by atoms with Gasteiger partial charge < -0.3 is 21.7 Å². The minimum atomic E-state index is -5.31. The van der Waals surface area contributed by atoms with Crippen LogP contribution in [-0.2, 0) is 15.2 Å². The second-order valence-corrected chi connectivity index (χ2v) is 7.02. The summed E-state index contributed by atoms with van der Waals surface area (Å²) in [5.41, 5.74) is 7.72. The first-order chi connectivity index (χ1) is 16.5. The van der Waals surface area contributed by atoms with Crippen molar-refractivity contribution >= 4 is 17.7 Å². The molecule has 1 amide bonds. The number of aryl methyl sites for hydroxylation is 1. The predicted molar refractivity (Wildman–Crippen MR) is 110 cm³/mol. The molecule has 0 aliphatic heterocycles. The molecule has 0 fully saturated rings. The first-order valence-electron chi connectivity index (χ1n) is 9.38. The maximum Gasteiger partial charge on any atom is 0.490 e. The molecule has 10 nitrogen and oxygen atoms in total. The molecule has 0 radical (unpaired) electrons. The number of aromatic nitrogens is 4. The van der Waals surface area contributed by atoms with Gasteiger partial charge in [-0.1, -0.05) is 12.1 Å². The van der Waals surface area contributed by atoms with Crippen LogP contribution in [0.1, 0.15) is 11.1 Å². The van der Waals surface area contributed by atoms with Crippen molar-refractivity contribution in [2.75, 3.05) is 5.73 Å². The lowest BCUT2D eigenvalue weighted by Crippen LogP contribution is -2.52. The summed E-state index contributed by atoms with van der Waals surface area (Å²) in [7, 11) is 0. The summed E-state index contributed by atoms with van der Waals surface area (Å²) in [6.07, 6.45) is -4.91. The van der Waals surface area contributed by atoms with Gasteiger partial charge in [0.25, 0.3) is 11.5 Å². The second kappa shape index (κ2) is 10.1. The largest absolute Gasteiger partial charge is 0.490 e. The molecular formula is C20H16F6N6O4. The highest BCUT2D eigenvalue weighted by molar-refractivity contribution is 5.86. The third kappa shape index (κ3) is 5.83. The van der Waals surface area contributed by atoms with Crippen LogP contribution >= 0.6 is 0 Å². The number of carbonyl (C=O) groups excluding carboxylic acids is 1. The number of carboxylic acid groups (broad SMARTS) is 1. The normalized spacial score (nSPS) is 13.2. The Labute approximate surface area is 197 Å². The van der Waals surface area contributed by atoms with Gasteiger partial charge in [-0.15, -0.1) is 0 Å². The molecule has 2 aromatic heterocycles. The lowest BCUT2D eigenvalue weighted by atomic mass is 9.89. The molecule has 3 rings (SSSR count). The number of aliphatic hydroxyl groups is 1. The number of nitrogens with two attached hydrogens (primary N) is 2. The number of carbonyl (C=O) groups is 2. The third-order valence-electron chi connectivity index (χ3n) is 4.58. The number of primary amides is 1. The van der Waals surface area contributed by atoms with Crippen molar-refractivity contribution in [3.63, 3.8) is 0 Å². The van der Waals surface area contributed by atoms with Gasteiger partial charge in [0.15, 0.2) is 0 Å². The Kier molecular flexibility index (Phi) is 7.83. The Bertz CT molecular complexity index is 1270. The topological polar surface area (TPSA) is 178 Å². The fraction of sp³-hybridized carbons (Fsp3) is 0.200. The minimum Gasteiger partial charge on any atom is -0.475 e. The number of aliphatic carboxylic acids is 1. The Morgan fingerprint density at radius 1 is 1.00 bits per heavy atom. The van der Waals surface area contributed by atoms with Crippen molar-refractivity contribution in [3.05, 3.63) is 54.2 Å². The number of alkyl halides is 6. The summed E-state index contributed by atoms with van der Waals surface area (Å²) in [6.45, 7) is 1.62. The molecule has 16 heteroatoms. The molecule has 2 heterocycles. The van der Waals surface area contributed by atoms with Crippen molar-refractivity contribution in [3.8, 4) is 22.5 Å². The predicted octanol–water partition coefficient (Wildman–Crippen LogP) is 2.36. The van der Waals surface area contributed by atoms with E-state index in [0.29, 0.717) is 11.1 Å². The highest BCUT2D eigenvalue weighted by atomic mass is 19.4. The molecule has 1 unspecified atom stereocenters. The standard InChI is InChI=1S/C18H15F3N6O2.C2HF3O2/c1-9-2-3-11(17(29,16(23)28)18(19,20)21)4-12(9)13-7-26-15(22)14(27-13)10-5-24-8-25-6-10;3-2(4,5)1(6)7/h2-8,29H,1H3,(H2,22,26)(H2,23,28);(H,6,7). The van der Waals surface area contributed by atoms with E-state index in [0.717, 1.165) is 12.1 Å². The summed E-state index contributed by atoms with van der Waals surface area (Å²) >= 11 is 0. The summed E-state index contributed by atoms with van der Waals surface area (Å²) < 4.78 is 72.0. The van der Waals surface area contributed by atoms with Crippen LogP contribution in [0.3, 0.4) is 0 Å². The number of rotatable bonds is 4. The fourth-order valence-electron chi connectivity index (χ4n) is 2.73. The van der Waals surface area contributed by atoms with Crippen LogP contribution in [0, 0.1) is 6.92 Å². The number of hydrogen-bond donors (Lipinski definition) is 4. The van der Waals surface area contributed by atoms with E-state index in [1.54, 1.807) is 6.92 Å². The van der Waals surface area contributed by atoms with Crippen LogP contribution in [0.15, 0.2) is 43.1 Å². The van der Waals surface area contributed by atoms with E-state index in [2.05, 4.69) is 19.9 Å². The molecule has 0 saturated carbocycles. The van der Waals surface area contributed by atoms with Gasteiger partial charge in [0, 0.05) is 29.1 Å². The van der Waals surface area contributed by atoms with Gasteiger partial charge in [0.05, 0.1) is 11.9 Å². The highest BCUT2D eigenvalue weighted by Gasteiger charge is 2.60. The van der Waals surface area contributed by atoms with Gasteiger partial charge in [-0.3, -0.25) is 4.79 Å². The van der Waals surface area contributed by atoms with Crippen LogP contribution in [0.2, 0.25) is 0 Å². The van der Waals surface area contributed by atoms with Gasteiger partial charge in [-0.05, 0) is 18.6 Å². The van der Waals surface area contributed by atoms with Crippen molar-refractivity contribution in [2.24, 2.45) is 5.73 Å². The van der Waals surface area contributed by atoms with Crippen LogP contribution in [0.4, 0.5) is 32.2 Å². The molecule has 6 N–H and O–H groups in total. The number of benzene rings is 1. The highest BCUT2D eigenvalue weighted by Crippen LogP contribution is 2.40. The Hall–Kier alpha value is -4.34. The van der Waals surface area contributed by atoms with Gasteiger partial charge in [0.2, 0.25) is 0 Å². The molecule has 3 aromatic rings. The number of anilines is 1. The van der Waals surface area contributed by atoms with Gasteiger partial charge in [0.1, 0.15) is 17.8 Å². The number of nitrogens with zero attached hydrogens (tertiary/aromatic N) is 4. The molecule has 192 valence electrons. The van der Waals surface area contributed by atoms with Crippen molar-refractivity contribution in [1.82, 2.24) is 19.9 Å². The molecule has 0 spiro atoms. The maximum atomic E-state index is 13.4. The average Bonchev–Trinajstić information content (AvgIpc) is 2.79. The van der Waals surface area contributed by atoms with E-state index in [1.807, 2.05) is 0 Å². The summed E-state index contributed by atoms with van der Waals surface area (Å²) in [6, 6.07) is 3.29. The number of hydrogen-bond acceptors (Lipinski definition) is 8. The van der Waals surface area contributed by atoms with Gasteiger partial charge >= 0.3 is 18.3 Å². The van der Waals surface area contributed by atoms with E-state index in [9.17, 15) is 36.2 Å². The first kappa shape index (κ1) is 27.9. The summed E-state index contributed by atoms with van der Waals surface area (Å²) in [5.74, 6) is -4.63. The van der Waals surface area contributed by atoms with Crippen LogP contribution in [0.25, 0.3) is 22.5 Å². The van der Waals surface area contributed by atoms with Crippen LogP contribution < -0.4 is 11.5 Å². The monoisotopic (exact) mass is 518 g/mol. The smallest absolute Gasteiger partial charge is 0.475 e. The number of carboxylic acids is 1. The van der Waals surface area contributed by atoms with E-state index >= 15 is 0 Å². The van der Waals surface area contributed by atoms with Crippen molar-refractivity contribution in [2.45, 2.75) is 24.9 Å². The number of amides is 1. The Morgan fingerprint density at radius 3 is 2.03 bits per heavy atom. The van der Waals surface area contributed by atoms with Gasteiger partial charge in [-0.25, -0.2) is 24.7 Å². The van der Waals surface area contributed by atoms with Crippen LogP contribution in [-0.4, -0.2) is 54.4 Å². The Morgan fingerprint density at radius 2 is 1.56 bits per heavy atom. The molecule has 36 heavy (non-hydrogen) atoms. The van der Waals surface area contributed by atoms with Crippen molar-refractivity contribution < 1.29 is 46.1 Å². The zero-order chi connectivity index (χ0) is 27.5. The van der Waals surface area contributed by atoms with E-state index in [1.165, 1.54) is 31.0 Å². The molecule has 0 bridgehead atoms. The van der Waals surface area contributed by atoms with E-state index in [-0.39, 0.29) is 22.8 Å². The summed E-state index contributed by atoms with van der Waals surface area (Å²) in [5, 5.41) is 17.2. The fourth-order valence-corrected chi connectivity index (χ4v) is 2.73. The van der Waals surface area contributed by atoms with E-state index < -0.39 is 35.4 Å². The van der Waals surface area contributed by atoms with Crippen LogP contribution in [0.5, 0.6) is 0 Å². The number of halogens is 6. The lowest BCUT2D eigenvalue weighted by molar-refractivity contribution is -0.255. The lowest BCUT2D eigenvalue weighted by Gasteiger charge is -2.28. The molecular weight excluding hydrogens is 502 g/mol. The molecule has 0 saturated heterocycles. The first-order valence-corrected chi connectivity index (χ1v) is 9.38. The quantitative estimate of drug-likeness (QED) is 0.377. The SMILES string of the molecule is Cc1ccc(C(O)(C(N)=O)C(F)(F)F)cc1-c1cnc(N)c(-c2cncnc2)n1.O=C(O)C(F)(F)F. The summed E-state index contributed by atoms with van der Waals surface area (Å²) in [4.78, 5) is 36.5. The maximum absolute atomic E-state index is 13.4. The molecule has 0 aliphatic rings. The minimum absolute atomic E-state index is 0.0706. The molecule has 0 aliphatic carbocycles. The molecule has 1 atom stereocenters. The second-order valence-electron chi connectivity index (χ2n) is 7.02. The van der Waals surface area contributed by atoms with Crippen molar-refractivity contribution in [1.29, 1.82) is 0 Å². The third-order valence-corrected chi connectivity index (χ3v) is 4.58. The average molecular weight is 518 g/mol. The zero-order valence-corrected chi connectivity index (χ0v) is 18.0. The zero-order valence-electron chi connectivity index (χ0n) is 18.0.